The van der Waals surface area contributed by atoms with Gasteiger partial charge >= 0.3 is 5.97 Å². The average Bonchev–Trinajstić information content (AvgIpc) is 2.45. The van der Waals surface area contributed by atoms with Crippen LogP contribution < -0.4 is 10.9 Å². The number of carbonyl (C=O) groups excluding carboxylic acids is 1. The van der Waals surface area contributed by atoms with Crippen LogP contribution in [0.3, 0.4) is 0 Å². The van der Waals surface area contributed by atoms with Crippen LogP contribution in [0.5, 0.6) is 0 Å². The Morgan fingerprint density at radius 2 is 1.95 bits per heavy atom. The second kappa shape index (κ2) is 5.56. The van der Waals surface area contributed by atoms with Gasteiger partial charge in [-0.1, -0.05) is 12.1 Å². The SMILES string of the molecule is COC(=O)c1ccc(=O)n(C)c1Nc1ccccc1F. The standard InChI is InChI=1S/C14H13FN2O3/c1-17-12(18)8-7-9(14(19)20-2)13(17)16-11-6-4-3-5-10(11)15/h3-8,16H,1-2H3. The van der Waals surface area contributed by atoms with Crippen LogP contribution in [0, 0.1) is 5.82 Å². The molecule has 1 heterocycles. The number of hydrogen-bond acceptors (Lipinski definition) is 4. The van der Waals surface area contributed by atoms with E-state index in [2.05, 4.69) is 10.1 Å². The zero-order valence-electron chi connectivity index (χ0n) is 11.0. The lowest BCUT2D eigenvalue weighted by atomic mass is 10.2. The summed E-state index contributed by atoms with van der Waals surface area (Å²) in [5, 5.41) is 2.75. The summed E-state index contributed by atoms with van der Waals surface area (Å²) < 4.78 is 19.5. The van der Waals surface area contributed by atoms with E-state index in [4.69, 9.17) is 0 Å². The number of pyridine rings is 1. The molecule has 1 aromatic carbocycles. The number of nitrogens with zero attached hydrogens (tertiary/aromatic N) is 1. The van der Waals surface area contributed by atoms with E-state index in [0.717, 1.165) is 0 Å². The molecule has 0 aliphatic rings. The topological polar surface area (TPSA) is 60.3 Å². The molecule has 0 fully saturated rings. The molecule has 1 aromatic heterocycles. The van der Waals surface area contributed by atoms with E-state index in [0.29, 0.717) is 0 Å². The van der Waals surface area contributed by atoms with Crippen LogP contribution >= 0.6 is 0 Å². The Labute approximate surface area is 114 Å². The van der Waals surface area contributed by atoms with Crippen molar-refractivity contribution in [2.45, 2.75) is 0 Å². The normalized spacial score (nSPS) is 10.2. The summed E-state index contributed by atoms with van der Waals surface area (Å²) >= 11 is 0. The van der Waals surface area contributed by atoms with Gasteiger partial charge in [0.25, 0.3) is 5.56 Å². The number of rotatable bonds is 3. The third-order valence-electron chi connectivity index (χ3n) is 2.85. The fourth-order valence-electron chi connectivity index (χ4n) is 1.75. The van der Waals surface area contributed by atoms with Gasteiger partial charge in [0.05, 0.1) is 12.8 Å². The molecule has 0 saturated carbocycles. The molecular weight excluding hydrogens is 263 g/mol. The van der Waals surface area contributed by atoms with Gasteiger partial charge in [-0.15, -0.1) is 0 Å². The van der Waals surface area contributed by atoms with Crippen LogP contribution in [-0.4, -0.2) is 17.6 Å². The number of nitrogens with one attached hydrogen (secondary N) is 1. The first-order valence-electron chi connectivity index (χ1n) is 5.84. The maximum absolute atomic E-state index is 13.7. The number of carbonyl (C=O) groups is 1. The van der Waals surface area contributed by atoms with Gasteiger partial charge in [-0.05, 0) is 18.2 Å². The molecule has 6 heteroatoms. The molecule has 0 atom stereocenters. The predicted octanol–water partition coefficient (Wildman–Crippen LogP) is 2.05. The first kappa shape index (κ1) is 13.8. The maximum atomic E-state index is 13.7. The largest absolute Gasteiger partial charge is 0.465 e. The fraction of sp³-hybridized carbons (Fsp3) is 0.143. The lowest BCUT2D eigenvalue weighted by Gasteiger charge is -2.14. The molecule has 0 spiro atoms. The van der Waals surface area contributed by atoms with E-state index < -0.39 is 11.8 Å². The first-order valence-corrected chi connectivity index (χ1v) is 5.84. The van der Waals surface area contributed by atoms with Crippen LogP contribution in [-0.2, 0) is 11.8 Å². The van der Waals surface area contributed by atoms with Crippen LogP contribution in [0.25, 0.3) is 0 Å². The van der Waals surface area contributed by atoms with E-state index in [1.165, 1.54) is 43.0 Å². The van der Waals surface area contributed by atoms with Crippen LogP contribution in [0.2, 0.25) is 0 Å². The van der Waals surface area contributed by atoms with Crippen molar-refractivity contribution in [1.82, 2.24) is 4.57 Å². The van der Waals surface area contributed by atoms with E-state index in [1.807, 2.05) is 0 Å². The molecule has 20 heavy (non-hydrogen) atoms. The smallest absolute Gasteiger partial charge is 0.341 e. The maximum Gasteiger partial charge on any atom is 0.341 e. The summed E-state index contributed by atoms with van der Waals surface area (Å²) in [5.41, 5.74) is -0.00630. The molecule has 0 unspecified atom stereocenters. The third kappa shape index (κ3) is 2.54. The van der Waals surface area contributed by atoms with Crippen molar-refractivity contribution in [2.24, 2.45) is 7.05 Å². The molecule has 0 aliphatic heterocycles. The van der Waals surface area contributed by atoms with Crippen molar-refractivity contribution in [1.29, 1.82) is 0 Å². The molecule has 0 bridgehead atoms. The first-order chi connectivity index (χ1) is 9.54. The summed E-state index contributed by atoms with van der Waals surface area (Å²) in [7, 11) is 2.72. The van der Waals surface area contributed by atoms with Crippen LogP contribution in [0.1, 0.15) is 10.4 Å². The zero-order valence-corrected chi connectivity index (χ0v) is 11.0. The highest BCUT2D eigenvalue weighted by Gasteiger charge is 2.16. The van der Waals surface area contributed by atoms with Gasteiger partial charge in [-0.25, -0.2) is 9.18 Å². The van der Waals surface area contributed by atoms with Crippen LogP contribution in [0.15, 0.2) is 41.2 Å². The Morgan fingerprint density at radius 3 is 2.60 bits per heavy atom. The van der Waals surface area contributed by atoms with Gasteiger partial charge in [0.2, 0.25) is 0 Å². The number of aromatic nitrogens is 1. The average molecular weight is 276 g/mol. The van der Waals surface area contributed by atoms with Gasteiger partial charge in [0, 0.05) is 13.1 Å². The number of hydrogen-bond donors (Lipinski definition) is 1. The number of anilines is 2. The number of halogens is 1. The highest BCUT2D eigenvalue weighted by molar-refractivity contribution is 5.95. The number of methoxy groups -OCH3 is 1. The van der Waals surface area contributed by atoms with E-state index in [9.17, 15) is 14.0 Å². The van der Waals surface area contributed by atoms with Crippen molar-refractivity contribution in [2.75, 3.05) is 12.4 Å². The monoisotopic (exact) mass is 276 g/mol. The summed E-state index contributed by atoms with van der Waals surface area (Å²) in [5.74, 6) is -0.923. The second-order valence-corrected chi connectivity index (χ2v) is 4.09. The minimum absolute atomic E-state index is 0.151. The van der Waals surface area contributed by atoms with Crippen molar-refractivity contribution in [3.05, 3.63) is 58.1 Å². The van der Waals surface area contributed by atoms with Gasteiger partial charge < -0.3 is 10.1 Å². The Balaban J connectivity index is 2.55. The highest BCUT2D eigenvalue weighted by Crippen LogP contribution is 2.21. The quantitative estimate of drug-likeness (QED) is 0.872. The lowest BCUT2D eigenvalue weighted by Crippen LogP contribution is -2.22. The minimum atomic E-state index is -0.612. The number of esters is 1. The summed E-state index contributed by atoms with van der Waals surface area (Å²) in [6.07, 6.45) is 0. The molecule has 0 amide bonds. The Hall–Kier alpha value is -2.63. The van der Waals surface area contributed by atoms with E-state index in [-0.39, 0.29) is 22.6 Å². The lowest BCUT2D eigenvalue weighted by molar-refractivity contribution is 0.0601. The van der Waals surface area contributed by atoms with E-state index >= 15 is 0 Å². The third-order valence-corrected chi connectivity index (χ3v) is 2.85. The molecule has 0 saturated heterocycles. The van der Waals surface area contributed by atoms with E-state index in [1.54, 1.807) is 12.1 Å². The summed E-state index contributed by atoms with van der Waals surface area (Å²) in [4.78, 5) is 23.4. The van der Waals surface area contributed by atoms with Crippen molar-refractivity contribution < 1.29 is 13.9 Å². The Bertz CT molecular complexity index is 710. The van der Waals surface area contributed by atoms with Gasteiger partial charge in [0.15, 0.2) is 0 Å². The number of benzene rings is 1. The minimum Gasteiger partial charge on any atom is -0.465 e. The van der Waals surface area contributed by atoms with Crippen molar-refractivity contribution >= 4 is 17.5 Å². The van der Waals surface area contributed by atoms with Crippen molar-refractivity contribution in [3.8, 4) is 0 Å². The molecule has 0 aliphatic carbocycles. The van der Waals surface area contributed by atoms with Gasteiger partial charge in [-0.3, -0.25) is 9.36 Å². The Kier molecular flexibility index (Phi) is 3.84. The Morgan fingerprint density at radius 1 is 1.25 bits per heavy atom. The fourth-order valence-corrected chi connectivity index (χ4v) is 1.75. The molecule has 2 rings (SSSR count). The highest BCUT2D eigenvalue weighted by atomic mass is 19.1. The molecule has 2 aromatic rings. The van der Waals surface area contributed by atoms with Gasteiger partial charge in [-0.2, -0.15) is 0 Å². The molecule has 5 nitrogen and oxygen atoms in total. The zero-order chi connectivity index (χ0) is 14.7. The second-order valence-electron chi connectivity index (χ2n) is 4.09. The predicted molar refractivity (Wildman–Crippen MR) is 72.7 cm³/mol. The summed E-state index contributed by atoms with van der Waals surface area (Å²) in [6, 6.07) is 8.57. The van der Waals surface area contributed by atoms with Crippen LogP contribution in [0.4, 0.5) is 15.9 Å². The number of para-hydroxylation sites is 1. The molecule has 1 N–H and O–H groups in total. The molecule has 104 valence electrons. The molecule has 0 radical (unpaired) electrons. The molecular formula is C14H13FN2O3. The van der Waals surface area contributed by atoms with Gasteiger partial charge in [0.1, 0.15) is 17.2 Å². The van der Waals surface area contributed by atoms with Crippen molar-refractivity contribution in [3.63, 3.8) is 0 Å². The summed E-state index contributed by atoms with van der Waals surface area (Å²) in [6.45, 7) is 0. The number of ether oxygens (including phenoxy) is 1.